The molecule has 0 aliphatic carbocycles. The second-order valence-electron chi connectivity index (χ2n) is 3.28. The van der Waals surface area contributed by atoms with Crippen LogP contribution in [0, 0.1) is 5.82 Å². The maximum atomic E-state index is 13.8. The van der Waals surface area contributed by atoms with Gasteiger partial charge in [-0.1, -0.05) is 6.92 Å². The molecule has 1 aromatic rings. The van der Waals surface area contributed by atoms with Gasteiger partial charge in [-0.25, -0.2) is 4.39 Å². The summed E-state index contributed by atoms with van der Waals surface area (Å²) in [6, 6.07) is 3.13. The highest BCUT2D eigenvalue weighted by molar-refractivity contribution is 5.44. The molecule has 0 aromatic heterocycles. The lowest BCUT2D eigenvalue weighted by molar-refractivity contribution is 0.265. The Morgan fingerprint density at radius 3 is 2.27 bits per heavy atom. The third kappa shape index (κ3) is 2.21. The molecule has 0 aliphatic rings. The van der Waals surface area contributed by atoms with Crippen molar-refractivity contribution >= 4 is 0 Å². The molecule has 3 nitrogen and oxygen atoms in total. The van der Waals surface area contributed by atoms with Crippen LogP contribution in [0.3, 0.4) is 0 Å². The molecule has 0 aliphatic heterocycles. The number of halogens is 1. The molecule has 1 N–H and O–H groups in total. The Bertz CT molecular complexity index is 339. The van der Waals surface area contributed by atoms with Crippen LogP contribution in [-0.4, -0.2) is 25.9 Å². The summed E-state index contributed by atoms with van der Waals surface area (Å²) >= 11 is 0. The van der Waals surface area contributed by atoms with Crippen molar-refractivity contribution in [2.45, 2.75) is 12.8 Å². The molecule has 1 atom stereocenters. The Labute approximate surface area is 88.4 Å². The van der Waals surface area contributed by atoms with Crippen molar-refractivity contribution in [2.24, 2.45) is 0 Å². The minimum absolute atomic E-state index is 0.138. The first-order valence-electron chi connectivity index (χ1n) is 4.66. The van der Waals surface area contributed by atoms with Crippen molar-refractivity contribution in [3.8, 4) is 11.5 Å². The number of aliphatic hydroxyl groups is 1. The number of benzene rings is 1. The second kappa shape index (κ2) is 4.98. The Hall–Kier alpha value is -1.29. The quantitative estimate of drug-likeness (QED) is 0.832. The van der Waals surface area contributed by atoms with Crippen LogP contribution in [0.5, 0.6) is 11.5 Å². The van der Waals surface area contributed by atoms with Gasteiger partial charge < -0.3 is 14.6 Å². The summed E-state index contributed by atoms with van der Waals surface area (Å²) < 4.78 is 23.8. The van der Waals surface area contributed by atoms with Gasteiger partial charge in [0, 0.05) is 18.1 Å². The third-order valence-electron chi connectivity index (χ3n) is 2.31. The minimum Gasteiger partial charge on any atom is -0.496 e. The van der Waals surface area contributed by atoms with Crippen molar-refractivity contribution < 1.29 is 19.0 Å². The molecule has 0 saturated carbocycles. The predicted octanol–water partition coefficient (Wildman–Crippen LogP) is 1.94. The van der Waals surface area contributed by atoms with Crippen LogP contribution >= 0.6 is 0 Å². The molecular formula is C11H15FO3. The van der Waals surface area contributed by atoms with Crippen molar-refractivity contribution in [1.82, 2.24) is 0 Å². The molecular weight excluding hydrogens is 199 g/mol. The highest BCUT2D eigenvalue weighted by atomic mass is 19.1. The largest absolute Gasteiger partial charge is 0.496 e. The zero-order chi connectivity index (χ0) is 11.4. The molecule has 0 bridgehead atoms. The van der Waals surface area contributed by atoms with Crippen molar-refractivity contribution in [1.29, 1.82) is 0 Å². The Balaban J connectivity index is 3.29. The van der Waals surface area contributed by atoms with Gasteiger partial charge >= 0.3 is 0 Å². The highest BCUT2D eigenvalue weighted by Crippen LogP contribution is 2.34. The van der Waals surface area contributed by atoms with Crippen molar-refractivity contribution in [3.05, 3.63) is 23.5 Å². The zero-order valence-corrected chi connectivity index (χ0v) is 9.08. The Morgan fingerprint density at radius 2 is 1.80 bits per heavy atom. The smallest absolute Gasteiger partial charge is 0.172 e. The summed E-state index contributed by atoms with van der Waals surface area (Å²) in [4.78, 5) is 0. The molecule has 1 unspecified atom stereocenters. The van der Waals surface area contributed by atoms with Crippen LogP contribution < -0.4 is 9.47 Å². The van der Waals surface area contributed by atoms with E-state index in [9.17, 15) is 4.39 Å². The van der Waals surface area contributed by atoms with Crippen LogP contribution in [0.4, 0.5) is 4.39 Å². The second-order valence-corrected chi connectivity index (χ2v) is 3.28. The monoisotopic (exact) mass is 214 g/mol. The van der Waals surface area contributed by atoms with Crippen LogP contribution in [0.15, 0.2) is 12.1 Å². The third-order valence-corrected chi connectivity index (χ3v) is 2.31. The summed E-state index contributed by atoms with van der Waals surface area (Å²) in [5.74, 6) is -0.214. The van der Waals surface area contributed by atoms with E-state index < -0.39 is 5.82 Å². The van der Waals surface area contributed by atoms with Crippen LogP contribution in [-0.2, 0) is 0 Å². The number of ether oxygens (including phenoxy) is 2. The molecule has 1 aromatic carbocycles. The molecule has 0 saturated heterocycles. The fourth-order valence-corrected chi connectivity index (χ4v) is 1.44. The molecule has 4 heteroatoms. The summed E-state index contributed by atoms with van der Waals surface area (Å²) in [7, 11) is 2.87. The highest BCUT2D eigenvalue weighted by Gasteiger charge is 2.19. The van der Waals surface area contributed by atoms with E-state index in [4.69, 9.17) is 14.6 Å². The van der Waals surface area contributed by atoms with E-state index in [-0.39, 0.29) is 18.3 Å². The van der Waals surface area contributed by atoms with E-state index in [2.05, 4.69) is 0 Å². The lowest BCUT2D eigenvalue weighted by Crippen LogP contribution is -2.06. The molecule has 0 spiro atoms. The maximum Gasteiger partial charge on any atom is 0.172 e. The standard InChI is InChI=1S/C11H15FO3/c1-7(6-13)10-8(14-2)4-5-9(15-3)11(10)12/h4-5,7,13H,6H2,1-3H3. The Kier molecular flexibility index (Phi) is 3.91. The Morgan fingerprint density at radius 1 is 1.27 bits per heavy atom. The first-order valence-corrected chi connectivity index (χ1v) is 4.66. The minimum atomic E-state index is -0.474. The van der Waals surface area contributed by atoms with E-state index in [1.165, 1.54) is 20.3 Å². The fourth-order valence-electron chi connectivity index (χ4n) is 1.44. The summed E-state index contributed by atoms with van der Waals surface area (Å²) in [5, 5.41) is 9.03. The van der Waals surface area contributed by atoms with E-state index in [1.54, 1.807) is 13.0 Å². The molecule has 84 valence electrons. The maximum absolute atomic E-state index is 13.8. The lowest BCUT2D eigenvalue weighted by atomic mass is 10.00. The van der Waals surface area contributed by atoms with Crippen LogP contribution in [0.1, 0.15) is 18.4 Å². The predicted molar refractivity (Wildman–Crippen MR) is 55.0 cm³/mol. The summed E-state index contributed by atoms with van der Waals surface area (Å²) in [5.41, 5.74) is 0.347. The van der Waals surface area contributed by atoms with Crippen LogP contribution in [0.2, 0.25) is 0 Å². The van der Waals surface area contributed by atoms with Crippen molar-refractivity contribution in [2.75, 3.05) is 20.8 Å². The number of rotatable bonds is 4. The van der Waals surface area contributed by atoms with Gasteiger partial charge in [0.15, 0.2) is 11.6 Å². The van der Waals surface area contributed by atoms with E-state index >= 15 is 0 Å². The van der Waals surface area contributed by atoms with E-state index in [0.717, 1.165) is 0 Å². The average molecular weight is 214 g/mol. The zero-order valence-electron chi connectivity index (χ0n) is 9.08. The van der Waals surface area contributed by atoms with E-state index in [1.807, 2.05) is 0 Å². The van der Waals surface area contributed by atoms with Gasteiger partial charge in [0.1, 0.15) is 5.75 Å². The number of hydrogen-bond acceptors (Lipinski definition) is 3. The average Bonchev–Trinajstić information content (AvgIpc) is 2.27. The number of hydrogen-bond donors (Lipinski definition) is 1. The van der Waals surface area contributed by atoms with E-state index in [0.29, 0.717) is 11.3 Å². The van der Waals surface area contributed by atoms with Gasteiger partial charge in [0.25, 0.3) is 0 Å². The van der Waals surface area contributed by atoms with Gasteiger partial charge in [-0.05, 0) is 12.1 Å². The fraction of sp³-hybridized carbons (Fsp3) is 0.455. The number of methoxy groups -OCH3 is 2. The van der Waals surface area contributed by atoms with Gasteiger partial charge in [-0.3, -0.25) is 0 Å². The first-order chi connectivity index (χ1) is 7.15. The topological polar surface area (TPSA) is 38.7 Å². The molecule has 0 radical (unpaired) electrons. The van der Waals surface area contributed by atoms with Gasteiger partial charge in [0.05, 0.1) is 14.2 Å². The van der Waals surface area contributed by atoms with Gasteiger partial charge in [0.2, 0.25) is 0 Å². The molecule has 15 heavy (non-hydrogen) atoms. The van der Waals surface area contributed by atoms with Crippen LogP contribution in [0.25, 0.3) is 0 Å². The normalized spacial score (nSPS) is 12.3. The van der Waals surface area contributed by atoms with Gasteiger partial charge in [-0.2, -0.15) is 0 Å². The SMILES string of the molecule is COc1ccc(OC)c(C(C)CO)c1F. The molecule has 0 amide bonds. The molecule has 0 fully saturated rings. The summed E-state index contributed by atoms with van der Waals surface area (Å²) in [6.45, 7) is 1.58. The first kappa shape index (κ1) is 11.8. The van der Waals surface area contributed by atoms with Gasteiger partial charge in [-0.15, -0.1) is 0 Å². The molecule has 1 rings (SSSR count). The van der Waals surface area contributed by atoms with Crippen molar-refractivity contribution in [3.63, 3.8) is 0 Å². The number of aliphatic hydroxyl groups excluding tert-OH is 1. The summed E-state index contributed by atoms with van der Waals surface area (Å²) in [6.07, 6.45) is 0. The lowest BCUT2D eigenvalue weighted by Gasteiger charge is -2.16. The molecule has 0 heterocycles.